The number of hydrogen-bond donors (Lipinski definition) is 0. The summed E-state index contributed by atoms with van der Waals surface area (Å²) < 4.78 is 65.8. The molecule has 1 aliphatic carbocycles. The standard InChI is InChI=1S/C21H7F4NO4/c22-15-13-14(16(23)18(25)17(15)24)20(28)9(19(13)27)6-12-26-21-11(29-12)7-10(30-21)8-4-2-1-3-5-8/h1-7H. The Morgan fingerprint density at radius 1 is 0.800 bits per heavy atom. The summed E-state index contributed by atoms with van der Waals surface area (Å²) in [6.07, 6.45) is 0.844. The topological polar surface area (TPSA) is 73.3 Å². The van der Waals surface area contributed by atoms with Crippen LogP contribution in [0.15, 0.2) is 50.8 Å². The van der Waals surface area contributed by atoms with Gasteiger partial charge in [0, 0.05) is 17.7 Å². The molecule has 5 nitrogen and oxygen atoms in total. The Labute approximate surface area is 164 Å². The molecule has 2 aromatic carbocycles. The minimum Gasteiger partial charge on any atom is -0.435 e. The zero-order chi connectivity index (χ0) is 21.2. The maximum atomic E-state index is 14.0. The zero-order valence-corrected chi connectivity index (χ0v) is 14.6. The molecule has 0 amide bonds. The molecule has 148 valence electrons. The number of ketones is 2. The number of allylic oxidation sites excluding steroid dienone is 1. The van der Waals surface area contributed by atoms with Crippen molar-refractivity contribution in [2.75, 3.05) is 0 Å². The van der Waals surface area contributed by atoms with Crippen LogP contribution in [0.2, 0.25) is 0 Å². The van der Waals surface area contributed by atoms with Crippen molar-refractivity contribution < 1.29 is 36.0 Å². The third-order valence-corrected chi connectivity index (χ3v) is 4.64. The summed E-state index contributed by atoms with van der Waals surface area (Å²) in [4.78, 5) is 28.7. The van der Waals surface area contributed by atoms with E-state index in [0.717, 1.165) is 11.6 Å². The van der Waals surface area contributed by atoms with Gasteiger partial charge in [-0.25, -0.2) is 17.6 Å². The van der Waals surface area contributed by atoms with Crippen molar-refractivity contribution in [2.45, 2.75) is 0 Å². The lowest BCUT2D eigenvalue weighted by Crippen LogP contribution is -2.07. The average Bonchev–Trinajstić information content (AvgIpc) is 3.38. The molecule has 0 saturated heterocycles. The highest BCUT2D eigenvalue weighted by molar-refractivity contribution is 6.41. The molecule has 4 aromatic rings. The van der Waals surface area contributed by atoms with Gasteiger partial charge in [-0.3, -0.25) is 9.59 Å². The van der Waals surface area contributed by atoms with Gasteiger partial charge in [-0.2, -0.15) is 4.98 Å². The summed E-state index contributed by atoms with van der Waals surface area (Å²) in [5, 5.41) is 0. The molecule has 0 fully saturated rings. The van der Waals surface area contributed by atoms with E-state index in [1.165, 1.54) is 6.07 Å². The molecule has 5 rings (SSSR count). The Hall–Kier alpha value is -4.01. The highest BCUT2D eigenvalue weighted by Gasteiger charge is 2.42. The second-order valence-corrected chi connectivity index (χ2v) is 6.42. The van der Waals surface area contributed by atoms with Crippen LogP contribution < -0.4 is 0 Å². The maximum Gasteiger partial charge on any atom is 0.266 e. The molecule has 0 aliphatic heterocycles. The predicted octanol–water partition coefficient (Wildman–Crippen LogP) is 5.11. The van der Waals surface area contributed by atoms with Gasteiger partial charge < -0.3 is 8.83 Å². The van der Waals surface area contributed by atoms with Crippen molar-refractivity contribution in [1.29, 1.82) is 0 Å². The van der Waals surface area contributed by atoms with Crippen molar-refractivity contribution in [3.05, 3.63) is 82.3 Å². The first-order valence-electron chi connectivity index (χ1n) is 8.49. The largest absolute Gasteiger partial charge is 0.435 e. The molecule has 0 saturated carbocycles. The van der Waals surface area contributed by atoms with E-state index in [9.17, 15) is 27.2 Å². The Bertz CT molecular complexity index is 1340. The van der Waals surface area contributed by atoms with Gasteiger partial charge in [0.15, 0.2) is 28.9 Å². The van der Waals surface area contributed by atoms with E-state index in [1.54, 1.807) is 12.1 Å². The lowest BCUT2D eigenvalue weighted by molar-refractivity contribution is 0.0988. The molecule has 0 spiro atoms. The number of halogens is 4. The van der Waals surface area contributed by atoms with Crippen LogP contribution in [0.4, 0.5) is 17.6 Å². The van der Waals surface area contributed by atoms with Crippen LogP contribution in [0.5, 0.6) is 0 Å². The van der Waals surface area contributed by atoms with Gasteiger partial charge in [0.25, 0.3) is 5.71 Å². The highest BCUT2D eigenvalue weighted by atomic mass is 19.2. The van der Waals surface area contributed by atoms with Gasteiger partial charge in [-0.1, -0.05) is 30.3 Å². The molecular formula is C21H7F4NO4. The lowest BCUT2D eigenvalue weighted by atomic mass is 10.1. The first-order chi connectivity index (χ1) is 14.4. The minimum absolute atomic E-state index is 0.0607. The summed E-state index contributed by atoms with van der Waals surface area (Å²) >= 11 is 0. The van der Waals surface area contributed by atoms with Crippen LogP contribution in [-0.4, -0.2) is 16.6 Å². The van der Waals surface area contributed by atoms with E-state index in [1.807, 2.05) is 18.2 Å². The van der Waals surface area contributed by atoms with Gasteiger partial charge in [0.05, 0.1) is 16.7 Å². The third-order valence-electron chi connectivity index (χ3n) is 4.64. The number of Topliss-reactive ketones (excluding diaryl/α,β-unsaturated/α-hetero) is 2. The SMILES string of the molecule is O=C1C(=Cc2nc3oc(-c4ccccc4)cc3o2)C(=O)c2c(F)c(F)c(F)c(F)c21. The van der Waals surface area contributed by atoms with Crippen LogP contribution in [0.3, 0.4) is 0 Å². The van der Waals surface area contributed by atoms with E-state index in [0.29, 0.717) is 5.76 Å². The van der Waals surface area contributed by atoms with Crippen molar-refractivity contribution in [2.24, 2.45) is 0 Å². The second kappa shape index (κ2) is 6.24. The van der Waals surface area contributed by atoms with Crippen molar-refractivity contribution in [3.8, 4) is 11.3 Å². The van der Waals surface area contributed by atoms with Crippen LogP contribution in [0.1, 0.15) is 26.6 Å². The van der Waals surface area contributed by atoms with Gasteiger partial charge in [0.1, 0.15) is 5.76 Å². The first-order valence-corrected chi connectivity index (χ1v) is 8.49. The molecule has 0 unspecified atom stereocenters. The zero-order valence-electron chi connectivity index (χ0n) is 14.6. The number of oxazole rings is 1. The van der Waals surface area contributed by atoms with E-state index in [2.05, 4.69) is 4.98 Å². The molecule has 2 heterocycles. The molecule has 30 heavy (non-hydrogen) atoms. The Morgan fingerprint density at radius 3 is 1.97 bits per heavy atom. The average molecular weight is 413 g/mol. The fraction of sp³-hybridized carbons (Fsp3) is 0. The summed E-state index contributed by atoms with van der Waals surface area (Å²) in [6, 6.07) is 10.6. The number of carbonyl (C=O) groups is 2. The van der Waals surface area contributed by atoms with Crippen LogP contribution in [-0.2, 0) is 0 Å². The fourth-order valence-corrected chi connectivity index (χ4v) is 3.24. The number of carbonyl (C=O) groups excluding carboxylic acids is 2. The molecule has 0 bridgehead atoms. The molecular weight excluding hydrogens is 406 g/mol. The van der Waals surface area contributed by atoms with Gasteiger partial charge in [-0.05, 0) is 0 Å². The summed E-state index contributed by atoms with van der Waals surface area (Å²) in [5.41, 5.74) is -2.04. The molecule has 1 aliphatic rings. The molecule has 0 atom stereocenters. The molecule has 0 N–H and O–H groups in total. The number of benzene rings is 2. The molecule has 9 heteroatoms. The van der Waals surface area contributed by atoms with Crippen molar-refractivity contribution >= 4 is 28.9 Å². The fourth-order valence-electron chi connectivity index (χ4n) is 3.24. The Balaban J connectivity index is 1.57. The maximum absolute atomic E-state index is 14.0. The monoisotopic (exact) mass is 413 g/mol. The minimum atomic E-state index is -2.17. The van der Waals surface area contributed by atoms with Crippen LogP contribution in [0.25, 0.3) is 28.7 Å². The first kappa shape index (κ1) is 18.0. The van der Waals surface area contributed by atoms with Crippen LogP contribution in [0, 0.1) is 23.3 Å². The normalized spacial score (nSPS) is 13.4. The van der Waals surface area contributed by atoms with E-state index < -0.39 is 51.5 Å². The van der Waals surface area contributed by atoms with Crippen LogP contribution >= 0.6 is 0 Å². The number of hydrogen-bond acceptors (Lipinski definition) is 5. The van der Waals surface area contributed by atoms with E-state index in [-0.39, 0.29) is 17.2 Å². The van der Waals surface area contributed by atoms with Gasteiger partial charge in [-0.15, -0.1) is 0 Å². The smallest absolute Gasteiger partial charge is 0.266 e. The number of fused-ring (bicyclic) bond motifs is 2. The number of aromatic nitrogens is 1. The highest BCUT2D eigenvalue weighted by Crippen LogP contribution is 2.35. The second-order valence-electron chi connectivity index (χ2n) is 6.42. The third kappa shape index (κ3) is 2.45. The number of rotatable bonds is 2. The lowest BCUT2D eigenvalue weighted by Gasteiger charge is -2.02. The molecule has 0 radical (unpaired) electrons. The Kier molecular flexibility index (Phi) is 3.76. The number of furan rings is 1. The van der Waals surface area contributed by atoms with Gasteiger partial charge >= 0.3 is 0 Å². The quantitative estimate of drug-likeness (QED) is 0.150. The summed E-state index contributed by atoms with van der Waals surface area (Å²) in [7, 11) is 0. The van der Waals surface area contributed by atoms with E-state index in [4.69, 9.17) is 8.83 Å². The number of nitrogens with zero attached hydrogens (tertiary/aromatic N) is 1. The van der Waals surface area contributed by atoms with Gasteiger partial charge in [0.2, 0.25) is 17.5 Å². The molecule has 2 aromatic heterocycles. The predicted molar refractivity (Wildman–Crippen MR) is 94.6 cm³/mol. The summed E-state index contributed by atoms with van der Waals surface area (Å²) in [5.74, 6) is -10.6. The van der Waals surface area contributed by atoms with E-state index >= 15 is 0 Å². The van der Waals surface area contributed by atoms with Crippen molar-refractivity contribution in [1.82, 2.24) is 4.98 Å². The summed E-state index contributed by atoms with van der Waals surface area (Å²) in [6.45, 7) is 0. The Morgan fingerprint density at radius 2 is 1.40 bits per heavy atom. The van der Waals surface area contributed by atoms with Crippen molar-refractivity contribution in [3.63, 3.8) is 0 Å².